The van der Waals surface area contributed by atoms with E-state index in [4.69, 9.17) is 0 Å². The maximum absolute atomic E-state index is 4.22. The van der Waals surface area contributed by atoms with E-state index in [1.54, 1.807) is 10.4 Å². The van der Waals surface area contributed by atoms with Crippen molar-refractivity contribution in [1.82, 2.24) is 5.32 Å². The Morgan fingerprint density at radius 1 is 1.53 bits per heavy atom. The first-order valence-corrected chi connectivity index (χ1v) is 8.60. The molecule has 0 saturated carbocycles. The highest BCUT2D eigenvalue weighted by Gasteiger charge is 2.28. The molecule has 0 amide bonds. The maximum Gasteiger partial charge on any atom is 0.0173 e. The van der Waals surface area contributed by atoms with Gasteiger partial charge in [0.2, 0.25) is 0 Å². The molecule has 0 bridgehead atoms. The molecule has 1 aromatic heterocycles. The fraction of sp³-hybridized carbons (Fsp3) is 0.647. The summed E-state index contributed by atoms with van der Waals surface area (Å²) in [7, 11) is 0. The SMILES string of the molecule is C=C(CC)CC(NCCC)C1CCCc2sccc21. The Morgan fingerprint density at radius 3 is 3.11 bits per heavy atom. The van der Waals surface area contributed by atoms with E-state index < -0.39 is 0 Å². The van der Waals surface area contributed by atoms with Gasteiger partial charge >= 0.3 is 0 Å². The molecule has 0 aromatic carbocycles. The summed E-state index contributed by atoms with van der Waals surface area (Å²) in [4.78, 5) is 1.63. The molecule has 0 fully saturated rings. The second-order valence-corrected chi connectivity index (χ2v) is 6.67. The highest BCUT2D eigenvalue weighted by atomic mass is 32.1. The molecule has 0 saturated heterocycles. The summed E-state index contributed by atoms with van der Waals surface area (Å²) in [6, 6.07) is 2.94. The van der Waals surface area contributed by atoms with Crippen LogP contribution in [0, 0.1) is 0 Å². The molecule has 1 N–H and O–H groups in total. The zero-order valence-electron chi connectivity index (χ0n) is 12.4. The van der Waals surface area contributed by atoms with Crippen molar-refractivity contribution in [3.05, 3.63) is 34.0 Å². The van der Waals surface area contributed by atoms with Crippen molar-refractivity contribution in [3.8, 4) is 0 Å². The average molecular weight is 277 g/mol. The van der Waals surface area contributed by atoms with Crippen LogP contribution in [0.25, 0.3) is 0 Å². The number of thiophene rings is 1. The lowest BCUT2D eigenvalue weighted by atomic mass is 9.80. The van der Waals surface area contributed by atoms with Crippen molar-refractivity contribution >= 4 is 11.3 Å². The molecule has 19 heavy (non-hydrogen) atoms. The minimum Gasteiger partial charge on any atom is -0.313 e. The zero-order valence-corrected chi connectivity index (χ0v) is 13.2. The van der Waals surface area contributed by atoms with Crippen molar-refractivity contribution in [2.45, 2.75) is 64.3 Å². The Balaban J connectivity index is 2.12. The highest BCUT2D eigenvalue weighted by molar-refractivity contribution is 7.10. The number of aryl methyl sites for hydroxylation is 1. The molecule has 2 unspecified atom stereocenters. The number of hydrogen-bond donors (Lipinski definition) is 1. The lowest BCUT2D eigenvalue weighted by Crippen LogP contribution is -2.37. The Hall–Kier alpha value is -0.600. The van der Waals surface area contributed by atoms with Gasteiger partial charge < -0.3 is 5.32 Å². The van der Waals surface area contributed by atoms with E-state index in [1.165, 1.54) is 31.3 Å². The molecule has 2 rings (SSSR count). The van der Waals surface area contributed by atoms with E-state index in [1.807, 2.05) is 11.3 Å². The normalized spacial score (nSPS) is 20.0. The van der Waals surface area contributed by atoms with Crippen LogP contribution in [0.15, 0.2) is 23.6 Å². The van der Waals surface area contributed by atoms with Crippen molar-refractivity contribution in [2.24, 2.45) is 0 Å². The lowest BCUT2D eigenvalue weighted by Gasteiger charge is -2.32. The molecule has 1 nitrogen and oxygen atoms in total. The fourth-order valence-electron chi connectivity index (χ4n) is 3.08. The first-order chi connectivity index (χ1) is 9.26. The molecular weight excluding hydrogens is 250 g/mol. The summed E-state index contributed by atoms with van der Waals surface area (Å²) in [5, 5.41) is 6.05. The second-order valence-electron chi connectivity index (χ2n) is 5.67. The molecule has 0 spiro atoms. The first-order valence-electron chi connectivity index (χ1n) is 7.72. The Morgan fingerprint density at radius 2 is 2.37 bits per heavy atom. The zero-order chi connectivity index (χ0) is 13.7. The van der Waals surface area contributed by atoms with Gasteiger partial charge in [0.15, 0.2) is 0 Å². The van der Waals surface area contributed by atoms with Crippen LogP contribution in [-0.4, -0.2) is 12.6 Å². The van der Waals surface area contributed by atoms with Crippen molar-refractivity contribution in [2.75, 3.05) is 6.54 Å². The third-order valence-corrected chi connectivity index (χ3v) is 5.25. The van der Waals surface area contributed by atoms with E-state index in [9.17, 15) is 0 Å². The summed E-state index contributed by atoms with van der Waals surface area (Å²) in [6.07, 6.45) is 7.42. The number of hydrogen-bond acceptors (Lipinski definition) is 2. The molecule has 1 aliphatic rings. The largest absolute Gasteiger partial charge is 0.313 e. The summed E-state index contributed by atoms with van der Waals surface area (Å²) in [5.74, 6) is 0.699. The quantitative estimate of drug-likeness (QED) is 0.700. The van der Waals surface area contributed by atoms with Crippen LogP contribution in [0.5, 0.6) is 0 Å². The van der Waals surface area contributed by atoms with Crippen LogP contribution in [0.4, 0.5) is 0 Å². The monoisotopic (exact) mass is 277 g/mol. The maximum atomic E-state index is 4.22. The molecule has 0 radical (unpaired) electrons. The van der Waals surface area contributed by atoms with Crippen molar-refractivity contribution < 1.29 is 0 Å². The topological polar surface area (TPSA) is 12.0 Å². The van der Waals surface area contributed by atoms with Gasteiger partial charge in [0.25, 0.3) is 0 Å². The summed E-state index contributed by atoms with van der Waals surface area (Å²) >= 11 is 1.94. The Labute approximate surface area is 122 Å². The van der Waals surface area contributed by atoms with Gasteiger partial charge in [-0.2, -0.15) is 0 Å². The van der Waals surface area contributed by atoms with Crippen LogP contribution < -0.4 is 5.32 Å². The standard InChI is InChI=1S/C17H27NS/c1-4-10-18-16(12-13(3)5-2)14-7-6-8-17-15(14)9-11-19-17/h9,11,14,16,18H,3-8,10,12H2,1-2H3. The van der Waals surface area contributed by atoms with Gasteiger partial charge in [0, 0.05) is 16.8 Å². The van der Waals surface area contributed by atoms with Gasteiger partial charge in [0.05, 0.1) is 0 Å². The van der Waals surface area contributed by atoms with Gasteiger partial charge in [-0.3, -0.25) is 0 Å². The van der Waals surface area contributed by atoms with E-state index in [2.05, 4.69) is 37.2 Å². The van der Waals surface area contributed by atoms with E-state index in [0.717, 1.165) is 19.4 Å². The van der Waals surface area contributed by atoms with Gasteiger partial charge in [-0.1, -0.05) is 26.0 Å². The van der Waals surface area contributed by atoms with Gasteiger partial charge in [-0.15, -0.1) is 11.3 Å². The van der Waals surface area contributed by atoms with E-state index in [-0.39, 0.29) is 0 Å². The molecule has 0 aliphatic heterocycles. The van der Waals surface area contributed by atoms with Crippen LogP contribution in [-0.2, 0) is 6.42 Å². The molecule has 1 aliphatic carbocycles. The fourth-order valence-corrected chi connectivity index (χ4v) is 4.08. The molecule has 106 valence electrons. The van der Waals surface area contributed by atoms with Crippen LogP contribution >= 0.6 is 11.3 Å². The first kappa shape index (κ1) is 14.8. The number of nitrogens with one attached hydrogen (secondary N) is 1. The molecule has 1 heterocycles. The number of rotatable bonds is 7. The third kappa shape index (κ3) is 3.70. The lowest BCUT2D eigenvalue weighted by molar-refractivity contribution is 0.389. The minimum absolute atomic E-state index is 0.584. The molecule has 2 atom stereocenters. The van der Waals surface area contributed by atoms with Gasteiger partial charge in [0.1, 0.15) is 0 Å². The average Bonchev–Trinajstić information content (AvgIpc) is 2.91. The van der Waals surface area contributed by atoms with Crippen molar-refractivity contribution in [1.29, 1.82) is 0 Å². The molecule has 2 heteroatoms. The summed E-state index contributed by atoms with van der Waals surface area (Å²) in [6.45, 7) is 9.81. The Kier molecular flexibility index (Phi) is 5.65. The van der Waals surface area contributed by atoms with Gasteiger partial charge in [-0.05, 0) is 62.1 Å². The number of fused-ring (bicyclic) bond motifs is 1. The van der Waals surface area contributed by atoms with Crippen LogP contribution in [0.2, 0.25) is 0 Å². The predicted molar refractivity (Wildman–Crippen MR) is 86.1 cm³/mol. The smallest absolute Gasteiger partial charge is 0.0173 e. The van der Waals surface area contributed by atoms with Gasteiger partial charge in [-0.25, -0.2) is 0 Å². The second kappa shape index (κ2) is 7.25. The Bertz CT molecular complexity index is 407. The van der Waals surface area contributed by atoms with E-state index in [0.29, 0.717) is 12.0 Å². The highest BCUT2D eigenvalue weighted by Crippen LogP contribution is 2.38. The summed E-state index contributed by atoms with van der Waals surface area (Å²) in [5.41, 5.74) is 3.00. The van der Waals surface area contributed by atoms with Crippen LogP contribution in [0.1, 0.15) is 62.3 Å². The van der Waals surface area contributed by atoms with Crippen molar-refractivity contribution in [3.63, 3.8) is 0 Å². The predicted octanol–water partition coefficient (Wildman–Crippen LogP) is 4.89. The minimum atomic E-state index is 0.584. The molecular formula is C17H27NS. The molecule has 1 aromatic rings. The van der Waals surface area contributed by atoms with E-state index >= 15 is 0 Å². The summed E-state index contributed by atoms with van der Waals surface area (Å²) < 4.78 is 0. The third-order valence-electron chi connectivity index (χ3n) is 4.25. The van der Waals surface area contributed by atoms with Crippen LogP contribution in [0.3, 0.4) is 0 Å².